The molecule has 0 aliphatic carbocycles. The highest BCUT2D eigenvalue weighted by Crippen LogP contribution is 2.56. The smallest absolute Gasteiger partial charge is 0.330 e. The number of rotatable bonds is 10. The Morgan fingerprint density at radius 3 is 2.70 bits per heavy atom. The Kier molecular flexibility index (Phi) is 7.83. The number of hydrogen-bond acceptors (Lipinski definition) is 7. The van der Waals surface area contributed by atoms with E-state index in [4.69, 9.17) is 21.7 Å². The average molecular weight is 502 g/mol. The van der Waals surface area contributed by atoms with Gasteiger partial charge in [0.25, 0.3) is 14.1 Å². The van der Waals surface area contributed by atoms with Gasteiger partial charge in [0.15, 0.2) is 6.23 Å². The Labute approximate surface area is 199 Å². The van der Waals surface area contributed by atoms with Gasteiger partial charge in [-0.1, -0.05) is 6.92 Å². The summed E-state index contributed by atoms with van der Waals surface area (Å²) in [6.45, 7) is 18.7. The number of H-pyrrole nitrogens is 1. The van der Waals surface area contributed by atoms with Crippen molar-refractivity contribution < 1.29 is 19.4 Å². The topological polar surface area (TPSA) is 107 Å². The van der Waals surface area contributed by atoms with E-state index in [0.717, 1.165) is 0 Å². The molecule has 10 nitrogen and oxygen atoms in total. The van der Waals surface area contributed by atoms with Crippen LogP contribution in [-0.2, 0) is 24.6 Å². The van der Waals surface area contributed by atoms with Crippen LogP contribution in [0.25, 0.3) is 4.85 Å². The number of aromatic amines is 1. The summed E-state index contributed by atoms with van der Waals surface area (Å²) in [4.78, 5) is 30.1. The quantitative estimate of drug-likeness (QED) is 0.298. The lowest BCUT2D eigenvalue weighted by Gasteiger charge is -2.38. The van der Waals surface area contributed by atoms with Crippen LogP contribution in [0, 0.1) is 13.5 Å². The highest BCUT2D eigenvalue weighted by Gasteiger charge is 2.65. The van der Waals surface area contributed by atoms with Gasteiger partial charge in [-0.3, -0.25) is 18.6 Å². The molecule has 0 radical (unpaired) electrons. The molecule has 0 amide bonds. The first-order chi connectivity index (χ1) is 15.9. The van der Waals surface area contributed by atoms with Crippen molar-refractivity contribution in [3.8, 4) is 0 Å². The van der Waals surface area contributed by atoms with Crippen molar-refractivity contribution in [3.05, 3.63) is 44.0 Å². The van der Waals surface area contributed by atoms with Crippen LogP contribution in [0.3, 0.4) is 0 Å². The number of ether oxygens (including phenoxy) is 1. The van der Waals surface area contributed by atoms with Crippen molar-refractivity contribution in [1.29, 1.82) is 0 Å². The molecule has 184 valence electrons. The molecule has 0 saturated carbocycles. The maximum absolute atomic E-state index is 13.3. The summed E-state index contributed by atoms with van der Waals surface area (Å²) in [6, 6.07) is 0.128. The lowest BCUT2D eigenvalue weighted by Crippen LogP contribution is -2.43. The fourth-order valence-electron chi connectivity index (χ4n) is 4.33. The van der Waals surface area contributed by atoms with Crippen LogP contribution < -0.4 is 11.2 Å². The van der Waals surface area contributed by atoms with E-state index in [2.05, 4.69) is 14.5 Å². The van der Waals surface area contributed by atoms with E-state index in [1.807, 2.05) is 27.7 Å². The van der Waals surface area contributed by atoms with Gasteiger partial charge in [-0.2, -0.15) is 0 Å². The van der Waals surface area contributed by atoms with Gasteiger partial charge in [0.05, 0.1) is 5.75 Å². The lowest BCUT2D eigenvalue weighted by molar-refractivity contribution is -0.0893. The standard InChI is InChI=1S/C21H33N4O6PS/c1-8-21-12-33(28)16(19(30-21)24-11-15(6)18(26)23-20(24)27)17(21)31-32(29-10-9-22-7)25(13(2)3)14(4)5/h11,13-14,16-17,19H,8-10,12H2,1-6H3,(H,23,26,27)/t16-,17+,19-,21+,32?,33?/m1/s1/i8D/t8-,16+,17-,19+,21-,32?,33?/m0. The zero-order chi connectivity index (χ0) is 25.4. The van der Waals surface area contributed by atoms with Crippen molar-refractivity contribution in [2.75, 3.05) is 18.9 Å². The van der Waals surface area contributed by atoms with Crippen LogP contribution >= 0.6 is 8.53 Å². The SMILES string of the molecule is [2H][C@@H](C)[C@@]12CS(=O)[C@@H]([C@H](n3cc(C)c(=O)[nH]c3=O)O1)[C@@H]2OP(OCC[N+]#[C-])N(C(C)C)C(C)C. The molecule has 1 aromatic heterocycles. The van der Waals surface area contributed by atoms with E-state index in [1.165, 1.54) is 10.8 Å². The molecule has 1 N–H and O–H groups in total. The molecule has 7 atom stereocenters. The summed E-state index contributed by atoms with van der Waals surface area (Å²) in [6.07, 6.45) is -1.14. The molecule has 0 spiro atoms. The summed E-state index contributed by atoms with van der Waals surface area (Å²) in [5, 5.41) is -0.730. The maximum atomic E-state index is 13.3. The zero-order valence-electron chi connectivity index (χ0n) is 20.8. The van der Waals surface area contributed by atoms with Crippen LogP contribution in [0.4, 0.5) is 0 Å². The minimum absolute atomic E-state index is 0.0640. The van der Waals surface area contributed by atoms with Gasteiger partial charge < -0.3 is 18.6 Å². The van der Waals surface area contributed by atoms with E-state index in [0.29, 0.717) is 5.56 Å². The molecule has 3 heterocycles. The van der Waals surface area contributed by atoms with Gasteiger partial charge >= 0.3 is 5.69 Å². The second-order valence-corrected chi connectivity index (χ2v) is 11.8. The van der Waals surface area contributed by atoms with E-state index >= 15 is 0 Å². The molecule has 2 aliphatic rings. The average Bonchev–Trinajstić information content (AvgIpc) is 3.19. The number of fused-ring (bicyclic) bond motifs is 2. The van der Waals surface area contributed by atoms with Crippen molar-refractivity contribution in [2.45, 2.75) is 83.2 Å². The highest BCUT2D eigenvalue weighted by molar-refractivity contribution is 7.86. The molecular formula is C21H33N4O6PS. The van der Waals surface area contributed by atoms with Crippen LogP contribution in [0.2, 0.25) is 0 Å². The van der Waals surface area contributed by atoms with Crippen LogP contribution in [-0.4, -0.2) is 66.4 Å². The number of hydrogen-bond donors (Lipinski definition) is 1. The van der Waals surface area contributed by atoms with Crippen molar-refractivity contribution >= 4 is 19.3 Å². The molecule has 3 rings (SSSR count). The molecule has 2 fully saturated rings. The third-order valence-electron chi connectivity index (χ3n) is 5.84. The molecule has 33 heavy (non-hydrogen) atoms. The monoisotopic (exact) mass is 501 g/mol. The molecule has 2 aliphatic heterocycles. The van der Waals surface area contributed by atoms with E-state index in [1.54, 1.807) is 13.8 Å². The fourth-order valence-corrected chi connectivity index (χ4v) is 8.26. The molecule has 2 saturated heterocycles. The maximum Gasteiger partial charge on any atom is 0.330 e. The predicted molar refractivity (Wildman–Crippen MR) is 127 cm³/mol. The van der Waals surface area contributed by atoms with Gasteiger partial charge in [0, 0.05) is 36.0 Å². The predicted octanol–water partition coefficient (Wildman–Crippen LogP) is 2.32. The minimum Gasteiger partial charge on any atom is -0.346 e. The lowest BCUT2D eigenvalue weighted by atomic mass is 9.96. The van der Waals surface area contributed by atoms with E-state index in [9.17, 15) is 13.8 Å². The first-order valence-electron chi connectivity index (χ1n) is 11.5. The zero-order valence-corrected chi connectivity index (χ0v) is 21.5. The first-order valence-corrected chi connectivity index (χ1v) is 13.5. The van der Waals surface area contributed by atoms with E-state index < -0.39 is 60.2 Å². The summed E-state index contributed by atoms with van der Waals surface area (Å²) in [5.41, 5.74) is -2.06. The minimum atomic E-state index is -1.67. The van der Waals surface area contributed by atoms with Crippen LogP contribution in [0.1, 0.15) is 54.2 Å². The van der Waals surface area contributed by atoms with Crippen LogP contribution in [0.15, 0.2) is 15.8 Å². The normalized spacial score (nSPS) is 31.2. The Balaban J connectivity index is 2.03. The number of aryl methyl sites for hydroxylation is 1. The second-order valence-electron chi connectivity index (χ2n) is 8.77. The fraction of sp³-hybridized carbons (Fsp3) is 0.762. The Morgan fingerprint density at radius 1 is 1.45 bits per heavy atom. The number of aromatic nitrogens is 2. The van der Waals surface area contributed by atoms with E-state index in [-0.39, 0.29) is 31.0 Å². The highest BCUT2D eigenvalue weighted by atomic mass is 32.2. The Morgan fingerprint density at radius 2 is 2.12 bits per heavy atom. The first kappa shape index (κ1) is 24.7. The van der Waals surface area contributed by atoms with Gasteiger partial charge in [-0.15, -0.1) is 0 Å². The molecule has 2 unspecified atom stereocenters. The molecule has 2 bridgehead atoms. The number of nitrogens with one attached hydrogen (secondary N) is 1. The van der Waals surface area contributed by atoms with Crippen molar-refractivity contribution in [1.82, 2.24) is 14.2 Å². The molecular weight excluding hydrogens is 467 g/mol. The third kappa shape index (κ3) is 5.02. The summed E-state index contributed by atoms with van der Waals surface area (Å²) >= 11 is 0. The number of nitrogens with zero attached hydrogens (tertiary/aromatic N) is 3. The Hall–Kier alpha value is -1.41. The van der Waals surface area contributed by atoms with Gasteiger partial charge in [-0.05, 0) is 41.0 Å². The van der Waals surface area contributed by atoms with Crippen LogP contribution in [0.5, 0.6) is 0 Å². The molecule has 0 aromatic carbocycles. The third-order valence-corrected chi connectivity index (χ3v) is 9.77. The van der Waals surface area contributed by atoms with Crippen molar-refractivity contribution in [3.63, 3.8) is 0 Å². The molecule has 1 aromatic rings. The summed E-state index contributed by atoms with van der Waals surface area (Å²) in [5.74, 6) is 0.106. The van der Waals surface area contributed by atoms with Gasteiger partial charge in [-0.25, -0.2) is 16.0 Å². The summed E-state index contributed by atoms with van der Waals surface area (Å²) in [7, 11) is -3.12. The van der Waals surface area contributed by atoms with Gasteiger partial charge in [0.1, 0.15) is 23.6 Å². The summed E-state index contributed by atoms with van der Waals surface area (Å²) < 4.78 is 44.0. The van der Waals surface area contributed by atoms with Gasteiger partial charge in [0.2, 0.25) is 6.54 Å². The Bertz CT molecular complexity index is 1060. The largest absolute Gasteiger partial charge is 0.346 e. The second kappa shape index (κ2) is 10.5. The molecule has 12 heteroatoms. The van der Waals surface area contributed by atoms with Crippen molar-refractivity contribution in [2.24, 2.45) is 0 Å².